The Kier molecular flexibility index (Phi) is 10.4. The number of nitrogens with one attached hydrogen (secondary N) is 2. The summed E-state index contributed by atoms with van der Waals surface area (Å²) in [4.78, 5) is 41.4. The average molecular weight is 838 g/mol. The number of aromatic amines is 1. The number of nitrogens with zero attached hydrogens (tertiary/aromatic N) is 1. The number of aryl methyl sites for hydroxylation is 1. The summed E-state index contributed by atoms with van der Waals surface area (Å²) in [6.07, 6.45) is 3.54. The molecule has 8 unspecified atom stereocenters. The number of fused-ring (bicyclic) bond motifs is 4. The van der Waals surface area contributed by atoms with E-state index in [1.807, 2.05) is 35.3 Å². The zero-order valence-electron chi connectivity index (χ0n) is 33.2. The van der Waals surface area contributed by atoms with E-state index in [0.717, 1.165) is 10.9 Å². The Morgan fingerprint density at radius 3 is 2.62 bits per heavy atom. The standard InChI is InChI=1S/C45H47N3O13/c1-23-11-35(52)32-12-27-13-37(61-58-22-44(57,43(56)40(55)36(53)21-49)16-25-4-7-34(51)30-6-5-29(50)15-31(25)30)45(9-2-3-24(17-45)28-14-38(54)47-18-28)60-41(27)39(42(32)59-23)48-19-26-8-10-46-33(26)20-48/h2-8,10-12,15,19-20,24,28,36-37,40,43,46,49-51,53,55-57H,9,13-14,16-18,21-22H2,1H3,(H,47,54). The molecule has 3 aromatic carbocycles. The quantitative estimate of drug-likeness (QED) is 0.0489. The van der Waals surface area contributed by atoms with Gasteiger partial charge in [-0.05, 0) is 72.5 Å². The van der Waals surface area contributed by atoms with Crippen LogP contribution in [0.15, 0.2) is 88.5 Å². The maximum atomic E-state index is 13.6. The van der Waals surface area contributed by atoms with Crippen LogP contribution in [0, 0.1) is 18.8 Å². The van der Waals surface area contributed by atoms with E-state index in [2.05, 4.69) is 16.4 Å². The van der Waals surface area contributed by atoms with Gasteiger partial charge in [0.15, 0.2) is 16.8 Å². The van der Waals surface area contributed by atoms with Crippen molar-refractivity contribution >= 4 is 38.6 Å². The number of aromatic nitrogens is 2. The van der Waals surface area contributed by atoms with Crippen molar-refractivity contribution in [3.8, 4) is 22.9 Å². The van der Waals surface area contributed by atoms with E-state index in [1.165, 1.54) is 36.4 Å². The third-order valence-electron chi connectivity index (χ3n) is 12.6. The topological polar surface area (TPSA) is 249 Å². The predicted octanol–water partition coefficient (Wildman–Crippen LogP) is 3.08. The maximum absolute atomic E-state index is 13.6. The molecule has 1 saturated heterocycles. The van der Waals surface area contributed by atoms with Crippen molar-refractivity contribution in [2.45, 2.75) is 74.6 Å². The fraction of sp³-hybridized carbons (Fsp3) is 0.378. The zero-order chi connectivity index (χ0) is 42.8. The minimum absolute atomic E-state index is 0.0335. The van der Waals surface area contributed by atoms with Gasteiger partial charge >= 0.3 is 0 Å². The Morgan fingerprint density at radius 1 is 1.02 bits per heavy atom. The Labute approximate surface area is 347 Å². The molecule has 16 nitrogen and oxygen atoms in total. The lowest BCUT2D eigenvalue weighted by Crippen LogP contribution is -2.58. The van der Waals surface area contributed by atoms with Gasteiger partial charge in [0.05, 0.1) is 17.5 Å². The van der Waals surface area contributed by atoms with Gasteiger partial charge in [-0.1, -0.05) is 18.2 Å². The summed E-state index contributed by atoms with van der Waals surface area (Å²) >= 11 is 0. The number of H-pyrrole nitrogens is 1. The highest BCUT2D eigenvalue weighted by atomic mass is 17.2. The number of hydrogen-bond acceptors (Lipinski definition) is 13. The fourth-order valence-electron chi connectivity index (χ4n) is 9.33. The van der Waals surface area contributed by atoms with Crippen LogP contribution in [-0.4, -0.2) is 107 Å². The molecule has 0 saturated carbocycles. The van der Waals surface area contributed by atoms with E-state index >= 15 is 0 Å². The summed E-state index contributed by atoms with van der Waals surface area (Å²) in [5, 5.41) is 80.3. The van der Waals surface area contributed by atoms with E-state index in [-0.39, 0.29) is 41.1 Å². The number of carbonyl (C=O) groups excluding carboxylic acids is 1. The number of phenols is 2. The first-order valence-corrected chi connectivity index (χ1v) is 20.2. The third kappa shape index (κ3) is 7.33. The lowest BCUT2D eigenvalue weighted by Gasteiger charge is -2.47. The Bertz CT molecular complexity index is 2710. The number of amides is 1. The van der Waals surface area contributed by atoms with E-state index < -0.39 is 55.3 Å². The molecule has 320 valence electrons. The van der Waals surface area contributed by atoms with Crippen LogP contribution in [0.2, 0.25) is 0 Å². The molecule has 8 atom stereocenters. The number of hydrogen-bond donors (Lipinski definition) is 9. The van der Waals surface area contributed by atoms with E-state index in [0.29, 0.717) is 75.9 Å². The van der Waals surface area contributed by atoms with Crippen molar-refractivity contribution in [1.29, 1.82) is 0 Å². The summed E-state index contributed by atoms with van der Waals surface area (Å²) in [6, 6.07) is 12.2. The molecule has 1 aliphatic carbocycles. The van der Waals surface area contributed by atoms with Crippen LogP contribution in [-0.2, 0) is 27.4 Å². The van der Waals surface area contributed by atoms with Crippen molar-refractivity contribution in [3.05, 3.63) is 106 Å². The number of phenolic OH excluding ortho intramolecular Hbond substituents is 2. The lowest BCUT2D eigenvalue weighted by molar-refractivity contribution is -0.373. The molecule has 5 heterocycles. The summed E-state index contributed by atoms with van der Waals surface area (Å²) in [5.41, 5.74) is -1.18. The molecule has 1 fully saturated rings. The normalized spacial score (nSPS) is 23.8. The van der Waals surface area contributed by atoms with Gasteiger partial charge in [0.1, 0.15) is 65.2 Å². The second kappa shape index (κ2) is 15.6. The smallest absolute Gasteiger partial charge is 0.220 e. The summed E-state index contributed by atoms with van der Waals surface area (Å²) in [7, 11) is 0. The minimum atomic E-state index is -2.41. The SMILES string of the molecule is Cc1cc(=O)c2cc3c(c(-n4cc5cc[nH]c5c4)c2o1)OC1(CC=CC(C2CNC(=O)C2)C1)C(OOCC(O)(Cc1ccc(O)c2ccc(O)cc12)C(O)C(O)C(O)CO)C3. The highest BCUT2D eigenvalue weighted by Gasteiger charge is 2.52. The number of rotatable bonds is 12. The van der Waals surface area contributed by atoms with Gasteiger partial charge in [-0.25, -0.2) is 9.78 Å². The minimum Gasteiger partial charge on any atom is -0.508 e. The molecule has 0 radical (unpaired) electrons. The second-order valence-electron chi connectivity index (χ2n) is 16.7. The molecular formula is C45H47N3O13. The van der Waals surface area contributed by atoms with E-state index in [1.54, 1.807) is 13.0 Å². The van der Waals surface area contributed by atoms with Crippen LogP contribution in [0.1, 0.15) is 36.1 Å². The molecule has 16 heteroatoms. The summed E-state index contributed by atoms with van der Waals surface area (Å²) in [6.45, 7) is 0.477. The van der Waals surface area contributed by atoms with Gasteiger partial charge in [0.2, 0.25) is 5.91 Å². The Hall–Kier alpha value is -5.72. The molecule has 1 spiro atoms. The van der Waals surface area contributed by atoms with Gasteiger partial charge in [0.25, 0.3) is 0 Å². The number of allylic oxidation sites excluding steroid dienone is 1. The molecule has 61 heavy (non-hydrogen) atoms. The first-order chi connectivity index (χ1) is 29.3. The molecule has 3 aliphatic rings. The van der Waals surface area contributed by atoms with Gasteiger partial charge < -0.3 is 59.8 Å². The zero-order valence-corrected chi connectivity index (χ0v) is 33.2. The largest absolute Gasteiger partial charge is 0.508 e. The first kappa shape index (κ1) is 40.7. The fourth-order valence-corrected chi connectivity index (χ4v) is 9.33. The summed E-state index contributed by atoms with van der Waals surface area (Å²) < 4.78 is 15.3. The Balaban J connectivity index is 1.11. The molecular weight excluding hydrogens is 791 g/mol. The lowest BCUT2D eigenvalue weighted by atomic mass is 9.71. The highest BCUT2D eigenvalue weighted by molar-refractivity contribution is 5.92. The van der Waals surface area contributed by atoms with Gasteiger partial charge in [0, 0.05) is 73.2 Å². The highest BCUT2D eigenvalue weighted by Crippen LogP contribution is 2.49. The van der Waals surface area contributed by atoms with Crippen molar-refractivity contribution < 1.29 is 59.5 Å². The van der Waals surface area contributed by atoms with Crippen LogP contribution < -0.4 is 15.5 Å². The van der Waals surface area contributed by atoms with Gasteiger partial charge in [-0.2, -0.15) is 0 Å². The van der Waals surface area contributed by atoms with E-state index in [9.17, 15) is 45.3 Å². The number of carbonyl (C=O) groups is 1. The molecule has 1 amide bonds. The van der Waals surface area contributed by atoms with Crippen molar-refractivity contribution in [1.82, 2.24) is 14.9 Å². The third-order valence-corrected chi connectivity index (χ3v) is 12.6. The monoisotopic (exact) mass is 837 g/mol. The molecule has 3 aromatic heterocycles. The maximum Gasteiger partial charge on any atom is 0.220 e. The molecule has 9 rings (SSSR count). The van der Waals surface area contributed by atoms with Crippen LogP contribution in [0.4, 0.5) is 0 Å². The van der Waals surface area contributed by atoms with Gasteiger partial charge in [-0.15, -0.1) is 0 Å². The number of aliphatic hydroxyl groups excluding tert-OH is 4. The Morgan fingerprint density at radius 2 is 1.85 bits per heavy atom. The van der Waals surface area contributed by atoms with Crippen molar-refractivity contribution in [2.75, 3.05) is 19.8 Å². The molecule has 6 aromatic rings. The van der Waals surface area contributed by atoms with Crippen molar-refractivity contribution in [3.63, 3.8) is 0 Å². The summed E-state index contributed by atoms with van der Waals surface area (Å²) in [5.74, 6) is 0.447. The van der Waals surface area contributed by atoms with Crippen molar-refractivity contribution in [2.24, 2.45) is 11.8 Å². The van der Waals surface area contributed by atoms with Gasteiger partial charge in [-0.3, -0.25) is 9.59 Å². The number of aliphatic hydroxyl groups is 5. The van der Waals surface area contributed by atoms with Crippen LogP contribution in [0.25, 0.3) is 38.3 Å². The number of ether oxygens (including phenoxy) is 1. The number of benzene rings is 3. The average Bonchev–Trinajstić information content (AvgIpc) is 3.98. The molecule has 9 N–H and O–H groups in total. The molecule has 0 bridgehead atoms. The van der Waals surface area contributed by atoms with E-state index in [4.69, 9.17) is 18.9 Å². The van der Waals surface area contributed by atoms with Crippen LogP contribution in [0.3, 0.4) is 0 Å². The predicted molar refractivity (Wildman–Crippen MR) is 220 cm³/mol. The number of aromatic hydroxyl groups is 2. The second-order valence-corrected chi connectivity index (χ2v) is 16.7. The van der Waals surface area contributed by atoms with Crippen LogP contribution in [0.5, 0.6) is 17.2 Å². The molecule has 2 aliphatic heterocycles. The first-order valence-electron chi connectivity index (χ1n) is 20.2. The van der Waals surface area contributed by atoms with Crippen LogP contribution >= 0.6 is 0 Å².